The Bertz CT molecular complexity index is 462. The zero-order valence-corrected chi connectivity index (χ0v) is 9.93. The van der Waals surface area contributed by atoms with Crippen molar-refractivity contribution in [3.8, 4) is 5.75 Å². The number of hydrogen-bond acceptors (Lipinski definition) is 4. The summed E-state index contributed by atoms with van der Waals surface area (Å²) in [5, 5.41) is -0.195. The number of halogens is 4. The molecule has 0 radical (unpaired) electrons. The molecule has 100 valence electrons. The van der Waals surface area contributed by atoms with Crippen LogP contribution in [-0.2, 0) is 4.74 Å². The molecule has 0 saturated heterocycles. The summed E-state index contributed by atoms with van der Waals surface area (Å²) in [5.41, 5.74) is 5.29. The van der Waals surface area contributed by atoms with Gasteiger partial charge < -0.3 is 15.2 Å². The number of rotatable bonds is 3. The Morgan fingerprint density at radius 1 is 1.44 bits per heavy atom. The SMILES string of the molecule is COC(=O)c1cc(N)cc(Cl)c1OCC(F)(F)F. The summed E-state index contributed by atoms with van der Waals surface area (Å²) in [5.74, 6) is -1.29. The minimum Gasteiger partial charge on any atom is -0.482 e. The summed E-state index contributed by atoms with van der Waals surface area (Å²) in [6.07, 6.45) is -4.54. The zero-order chi connectivity index (χ0) is 13.9. The molecule has 0 fully saturated rings. The number of hydrogen-bond donors (Lipinski definition) is 1. The van der Waals surface area contributed by atoms with E-state index in [4.69, 9.17) is 17.3 Å². The molecular formula is C10H9ClF3NO3. The molecule has 0 atom stereocenters. The molecule has 4 nitrogen and oxygen atoms in total. The minimum absolute atomic E-state index is 0.111. The van der Waals surface area contributed by atoms with Crippen molar-refractivity contribution >= 4 is 23.3 Å². The van der Waals surface area contributed by atoms with Gasteiger partial charge in [-0.05, 0) is 12.1 Å². The summed E-state index contributed by atoms with van der Waals surface area (Å²) < 4.78 is 45.1. The van der Waals surface area contributed by atoms with E-state index in [2.05, 4.69) is 9.47 Å². The molecule has 0 aliphatic heterocycles. The number of carbonyl (C=O) groups is 1. The number of alkyl halides is 3. The van der Waals surface area contributed by atoms with Crippen molar-refractivity contribution < 1.29 is 27.4 Å². The van der Waals surface area contributed by atoms with Gasteiger partial charge in [-0.25, -0.2) is 4.79 Å². The maximum absolute atomic E-state index is 12.1. The Labute approximate surface area is 105 Å². The van der Waals surface area contributed by atoms with Gasteiger partial charge >= 0.3 is 12.1 Å². The molecule has 0 unspecified atom stereocenters. The molecule has 0 aromatic heterocycles. The van der Waals surface area contributed by atoms with Crippen molar-refractivity contribution in [2.24, 2.45) is 0 Å². The van der Waals surface area contributed by atoms with Crippen LogP contribution >= 0.6 is 11.6 Å². The van der Waals surface area contributed by atoms with Crippen LogP contribution in [0.5, 0.6) is 5.75 Å². The number of nitrogens with two attached hydrogens (primary N) is 1. The number of anilines is 1. The number of esters is 1. The van der Waals surface area contributed by atoms with Gasteiger partial charge in [0.05, 0.1) is 12.1 Å². The van der Waals surface area contributed by atoms with Crippen LogP contribution in [0, 0.1) is 0 Å². The first-order valence-electron chi connectivity index (χ1n) is 4.61. The first-order chi connectivity index (χ1) is 8.24. The fourth-order valence-corrected chi connectivity index (χ4v) is 1.46. The molecule has 1 rings (SSSR count). The van der Waals surface area contributed by atoms with Crippen LogP contribution in [0.25, 0.3) is 0 Å². The smallest absolute Gasteiger partial charge is 0.422 e. The lowest BCUT2D eigenvalue weighted by Crippen LogP contribution is -2.20. The number of ether oxygens (including phenoxy) is 2. The minimum atomic E-state index is -4.54. The second kappa shape index (κ2) is 5.34. The van der Waals surface area contributed by atoms with E-state index >= 15 is 0 Å². The van der Waals surface area contributed by atoms with E-state index in [-0.39, 0.29) is 16.3 Å². The second-order valence-electron chi connectivity index (χ2n) is 3.27. The molecule has 0 heterocycles. The Morgan fingerprint density at radius 2 is 2.06 bits per heavy atom. The molecule has 0 spiro atoms. The molecule has 8 heteroatoms. The third-order valence-electron chi connectivity index (χ3n) is 1.85. The van der Waals surface area contributed by atoms with Gasteiger partial charge in [0.15, 0.2) is 12.4 Å². The molecule has 18 heavy (non-hydrogen) atoms. The van der Waals surface area contributed by atoms with Gasteiger partial charge in [-0.2, -0.15) is 13.2 Å². The van der Waals surface area contributed by atoms with Gasteiger partial charge in [-0.15, -0.1) is 0 Å². The van der Waals surface area contributed by atoms with Crippen LogP contribution in [0.3, 0.4) is 0 Å². The van der Waals surface area contributed by atoms with Crippen LogP contribution in [0.1, 0.15) is 10.4 Å². The summed E-state index contributed by atoms with van der Waals surface area (Å²) >= 11 is 5.68. The van der Waals surface area contributed by atoms with E-state index in [1.165, 1.54) is 6.07 Å². The van der Waals surface area contributed by atoms with Gasteiger partial charge in [-0.3, -0.25) is 0 Å². The molecular weight excluding hydrogens is 275 g/mol. The van der Waals surface area contributed by atoms with Crippen molar-refractivity contribution in [3.63, 3.8) is 0 Å². The molecule has 0 aliphatic rings. The Hall–Kier alpha value is -1.63. The number of carbonyl (C=O) groups excluding carboxylic acids is 1. The Morgan fingerprint density at radius 3 is 2.56 bits per heavy atom. The van der Waals surface area contributed by atoms with Crippen LogP contribution in [-0.4, -0.2) is 25.9 Å². The van der Waals surface area contributed by atoms with Gasteiger partial charge in [0.2, 0.25) is 0 Å². The highest BCUT2D eigenvalue weighted by molar-refractivity contribution is 6.33. The molecule has 1 aromatic carbocycles. The monoisotopic (exact) mass is 283 g/mol. The average Bonchev–Trinajstić information content (AvgIpc) is 2.24. The third kappa shape index (κ3) is 3.69. The van der Waals surface area contributed by atoms with Crippen molar-refractivity contribution in [3.05, 3.63) is 22.7 Å². The highest BCUT2D eigenvalue weighted by atomic mass is 35.5. The third-order valence-corrected chi connectivity index (χ3v) is 2.13. The van der Waals surface area contributed by atoms with Gasteiger partial charge in [0, 0.05) is 5.69 Å². The van der Waals surface area contributed by atoms with Gasteiger partial charge in [0.1, 0.15) is 5.56 Å². The van der Waals surface area contributed by atoms with Crippen LogP contribution in [0.15, 0.2) is 12.1 Å². The lowest BCUT2D eigenvalue weighted by molar-refractivity contribution is -0.153. The second-order valence-corrected chi connectivity index (χ2v) is 3.68. The molecule has 0 aliphatic carbocycles. The Balaban J connectivity index is 3.12. The van der Waals surface area contributed by atoms with Crippen molar-refractivity contribution in [1.82, 2.24) is 0 Å². The van der Waals surface area contributed by atoms with Crippen molar-refractivity contribution in [1.29, 1.82) is 0 Å². The van der Waals surface area contributed by atoms with E-state index in [0.717, 1.165) is 13.2 Å². The van der Waals surface area contributed by atoms with Gasteiger partial charge in [0.25, 0.3) is 0 Å². The van der Waals surface area contributed by atoms with E-state index < -0.39 is 24.5 Å². The fourth-order valence-electron chi connectivity index (χ4n) is 1.18. The van der Waals surface area contributed by atoms with Crippen LogP contribution in [0.4, 0.5) is 18.9 Å². The number of benzene rings is 1. The maximum Gasteiger partial charge on any atom is 0.422 e. The average molecular weight is 284 g/mol. The summed E-state index contributed by atoms with van der Waals surface area (Å²) in [6, 6.07) is 2.31. The number of nitrogen functional groups attached to an aromatic ring is 1. The van der Waals surface area contributed by atoms with E-state index in [0.29, 0.717) is 0 Å². The zero-order valence-electron chi connectivity index (χ0n) is 9.18. The molecule has 0 saturated carbocycles. The predicted octanol–water partition coefficient (Wildman–Crippen LogP) is 2.65. The van der Waals surface area contributed by atoms with E-state index in [1.807, 2.05) is 0 Å². The molecule has 1 aromatic rings. The van der Waals surface area contributed by atoms with E-state index in [1.54, 1.807) is 0 Å². The maximum atomic E-state index is 12.1. The summed E-state index contributed by atoms with van der Waals surface area (Å²) in [4.78, 5) is 11.4. The number of methoxy groups -OCH3 is 1. The molecule has 0 amide bonds. The standard InChI is InChI=1S/C10H9ClF3NO3/c1-17-9(16)6-2-5(15)3-7(11)8(6)18-4-10(12,13)14/h2-3H,4,15H2,1H3. The predicted molar refractivity (Wildman–Crippen MR) is 58.8 cm³/mol. The first-order valence-corrected chi connectivity index (χ1v) is 4.99. The highest BCUT2D eigenvalue weighted by Gasteiger charge is 2.30. The largest absolute Gasteiger partial charge is 0.482 e. The van der Waals surface area contributed by atoms with Crippen molar-refractivity contribution in [2.45, 2.75) is 6.18 Å². The lowest BCUT2D eigenvalue weighted by Gasteiger charge is -2.14. The van der Waals surface area contributed by atoms with E-state index in [9.17, 15) is 18.0 Å². The summed E-state index contributed by atoms with van der Waals surface area (Å²) in [6.45, 7) is -1.57. The quantitative estimate of drug-likeness (QED) is 0.684. The molecule has 2 N–H and O–H groups in total. The highest BCUT2D eigenvalue weighted by Crippen LogP contribution is 2.33. The van der Waals surface area contributed by atoms with Crippen LogP contribution in [0.2, 0.25) is 5.02 Å². The van der Waals surface area contributed by atoms with Crippen LogP contribution < -0.4 is 10.5 Å². The van der Waals surface area contributed by atoms with Crippen molar-refractivity contribution in [2.75, 3.05) is 19.5 Å². The lowest BCUT2D eigenvalue weighted by atomic mass is 10.2. The first kappa shape index (κ1) is 14.4. The Kier molecular flexibility index (Phi) is 4.28. The fraction of sp³-hybridized carbons (Fsp3) is 0.300. The summed E-state index contributed by atoms with van der Waals surface area (Å²) in [7, 11) is 1.08. The van der Waals surface area contributed by atoms with Gasteiger partial charge in [-0.1, -0.05) is 11.6 Å². The topological polar surface area (TPSA) is 61.5 Å². The normalized spacial score (nSPS) is 11.2. The molecule has 0 bridgehead atoms.